The summed E-state index contributed by atoms with van der Waals surface area (Å²) in [5.74, 6) is 0.373. The van der Waals surface area contributed by atoms with Crippen molar-refractivity contribution in [3.05, 3.63) is 35.0 Å². The van der Waals surface area contributed by atoms with E-state index in [0.717, 1.165) is 63.1 Å². The molecule has 2 N–H and O–H groups in total. The summed E-state index contributed by atoms with van der Waals surface area (Å²) in [5, 5.41) is 18.9. The number of rotatable bonds is 11. The van der Waals surface area contributed by atoms with E-state index in [9.17, 15) is 31.5 Å². The first-order chi connectivity index (χ1) is 21.8. The minimum absolute atomic E-state index is 0.0254. The maximum absolute atomic E-state index is 14.1. The number of morpholine rings is 1. The number of amides is 1. The molecular weight excluding hydrogens is 645 g/mol. The predicted molar refractivity (Wildman–Crippen MR) is 169 cm³/mol. The molecule has 0 spiro atoms. The Morgan fingerprint density at radius 2 is 1.83 bits per heavy atom. The van der Waals surface area contributed by atoms with Crippen LogP contribution in [-0.4, -0.2) is 120 Å². The number of thioether (sulfide) groups is 1. The smallest absolute Gasteiger partial charge is 0.379 e. The highest BCUT2D eigenvalue weighted by molar-refractivity contribution is 7.99. The highest BCUT2D eigenvalue weighted by Crippen LogP contribution is 2.40. The van der Waals surface area contributed by atoms with Gasteiger partial charge in [-0.25, -0.2) is 13.1 Å². The third kappa shape index (κ3) is 8.82. The van der Waals surface area contributed by atoms with Crippen molar-refractivity contribution in [1.82, 2.24) is 29.2 Å². The lowest BCUT2D eigenvalue weighted by Gasteiger charge is -2.32. The standard InChI is InChI=1S/C30H43F3N6O5S2/c1-21(40)34-23-5-9-36(10-6-23)15-18-45-27-19-22(3-4-25(27)30(31,32)33)29-24-20-38(46(2,42)43)12-7-26(24)39(35-29)28(41)8-11-37-13-16-44-17-14-37/h3-4,19,23,28,41H,5-18,20H2,1-2H3,(H,34,40). The molecule has 46 heavy (non-hydrogen) atoms. The van der Waals surface area contributed by atoms with Gasteiger partial charge in [0.2, 0.25) is 15.9 Å². The molecule has 0 saturated carbocycles. The number of likely N-dealkylation sites (tertiary alicyclic amines) is 1. The van der Waals surface area contributed by atoms with Gasteiger partial charge in [-0.05, 0) is 25.0 Å². The summed E-state index contributed by atoms with van der Waals surface area (Å²) < 4.78 is 75.6. The lowest BCUT2D eigenvalue weighted by atomic mass is 10.0. The second kappa shape index (κ2) is 14.9. The quantitative estimate of drug-likeness (QED) is 0.344. The molecule has 0 radical (unpaired) electrons. The summed E-state index contributed by atoms with van der Waals surface area (Å²) in [6.07, 6.45) is -2.10. The van der Waals surface area contributed by atoms with Crippen molar-refractivity contribution >= 4 is 27.7 Å². The third-order valence-electron chi connectivity index (χ3n) is 8.83. The van der Waals surface area contributed by atoms with Gasteiger partial charge in [0.25, 0.3) is 0 Å². The van der Waals surface area contributed by atoms with E-state index in [1.54, 1.807) is 0 Å². The summed E-state index contributed by atoms with van der Waals surface area (Å²) >= 11 is 1.13. The largest absolute Gasteiger partial charge is 0.417 e. The summed E-state index contributed by atoms with van der Waals surface area (Å²) in [7, 11) is -3.53. The number of benzene rings is 1. The number of aliphatic hydroxyl groups is 1. The minimum atomic E-state index is -4.56. The van der Waals surface area contributed by atoms with Crippen LogP contribution in [-0.2, 0) is 38.7 Å². The van der Waals surface area contributed by atoms with E-state index < -0.39 is 28.0 Å². The first-order valence-corrected chi connectivity index (χ1v) is 18.5. The topological polar surface area (TPSA) is 120 Å². The molecule has 2 saturated heterocycles. The number of carbonyl (C=O) groups excluding carboxylic acids is 1. The van der Waals surface area contributed by atoms with E-state index in [-0.39, 0.29) is 29.9 Å². The SMILES string of the molecule is CC(=O)NC1CCN(CCSc2cc(-c3nn(C(O)CCN4CCOCC4)c4c3CN(S(C)(=O)=O)CC4)ccc2C(F)(F)F)CC1. The van der Waals surface area contributed by atoms with Crippen molar-refractivity contribution in [2.24, 2.45) is 0 Å². The Balaban J connectivity index is 1.38. The number of piperidine rings is 1. The lowest BCUT2D eigenvalue weighted by molar-refractivity contribution is -0.139. The number of alkyl halides is 3. The molecule has 0 bridgehead atoms. The number of hydrogen-bond donors (Lipinski definition) is 2. The molecule has 0 aliphatic carbocycles. The number of fused-ring (bicyclic) bond motifs is 1. The molecule has 1 atom stereocenters. The Hall–Kier alpha value is -2.21. The van der Waals surface area contributed by atoms with Crippen molar-refractivity contribution in [1.29, 1.82) is 0 Å². The zero-order valence-corrected chi connectivity index (χ0v) is 27.9. The minimum Gasteiger partial charge on any atom is -0.379 e. The Bertz CT molecular complexity index is 1470. The van der Waals surface area contributed by atoms with Crippen molar-refractivity contribution < 1.29 is 36.2 Å². The molecule has 16 heteroatoms. The van der Waals surface area contributed by atoms with E-state index in [4.69, 9.17) is 9.84 Å². The van der Waals surface area contributed by atoms with E-state index in [0.29, 0.717) is 67.4 Å². The number of aliphatic hydroxyl groups excluding tert-OH is 1. The van der Waals surface area contributed by atoms with Crippen LogP contribution in [0.25, 0.3) is 11.3 Å². The van der Waals surface area contributed by atoms with E-state index in [2.05, 4.69) is 15.1 Å². The molecule has 1 aromatic carbocycles. The second-order valence-electron chi connectivity index (χ2n) is 12.2. The van der Waals surface area contributed by atoms with Gasteiger partial charge >= 0.3 is 6.18 Å². The molecule has 2 fully saturated rings. The van der Waals surface area contributed by atoms with Crippen LogP contribution < -0.4 is 5.32 Å². The van der Waals surface area contributed by atoms with Gasteiger partial charge in [-0.15, -0.1) is 11.8 Å². The van der Waals surface area contributed by atoms with Gasteiger partial charge in [-0.3, -0.25) is 9.69 Å². The zero-order valence-electron chi connectivity index (χ0n) is 26.3. The van der Waals surface area contributed by atoms with Gasteiger partial charge in [0.15, 0.2) is 0 Å². The van der Waals surface area contributed by atoms with E-state index >= 15 is 0 Å². The first-order valence-electron chi connectivity index (χ1n) is 15.7. The molecule has 3 aliphatic heterocycles. The van der Waals surface area contributed by atoms with Crippen molar-refractivity contribution in [2.75, 3.05) is 71.0 Å². The summed E-state index contributed by atoms with van der Waals surface area (Å²) in [6, 6.07) is 4.06. The molecule has 1 unspecified atom stereocenters. The van der Waals surface area contributed by atoms with Crippen molar-refractivity contribution in [3.63, 3.8) is 0 Å². The number of carbonyl (C=O) groups is 1. The van der Waals surface area contributed by atoms with Gasteiger partial charge in [0.05, 0.1) is 30.7 Å². The fraction of sp³-hybridized carbons (Fsp3) is 0.667. The van der Waals surface area contributed by atoms with Crippen LogP contribution in [0, 0.1) is 0 Å². The average molecular weight is 689 g/mol. The highest BCUT2D eigenvalue weighted by atomic mass is 32.2. The highest BCUT2D eigenvalue weighted by Gasteiger charge is 2.35. The average Bonchev–Trinajstić information content (AvgIpc) is 3.39. The number of nitrogens with zero attached hydrogens (tertiary/aromatic N) is 5. The van der Waals surface area contributed by atoms with Crippen molar-refractivity contribution in [3.8, 4) is 11.3 Å². The van der Waals surface area contributed by atoms with Crippen LogP contribution in [0.2, 0.25) is 0 Å². The molecule has 4 heterocycles. The fourth-order valence-corrected chi connectivity index (χ4v) is 8.23. The third-order valence-corrected chi connectivity index (χ3v) is 11.1. The number of halogens is 3. The number of sulfonamides is 1. The summed E-state index contributed by atoms with van der Waals surface area (Å²) in [4.78, 5) is 15.8. The van der Waals surface area contributed by atoms with Crippen LogP contribution in [0.15, 0.2) is 23.1 Å². The van der Waals surface area contributed by atoms with Crippen LogP contribution in [0.5, 0.6) is 0 Å². The monoisotopic (exact) mass is 688 g/mol. The Kier molecular flexibility index (Phi) is 11.4. The Morgan fingerprint density at radius 3 is 2.48 bits per heavy atom. The van der Waals surface area contributed by atoms with Gasteiger partial charge in [-0.1, -0.05) is 6.07 Å². The van der Waals surface area contributed by atoms with Crippen LogP contribution in [0.3, 0.4) is 0 Å². The van der Waals surface area contributed by atoms with Gasteiger partial charge in [0, 0.05) is 106 Å². The molecule has 11 nitrogen and oxygen atoms in total. The molecule has 1 aromatic heterocycles. The number of aromatic nitrogens is 2. The number of nitrogens with one attached hydrogen (secondary N) is 1. The zero-order chi connectivity index (χ0) is 33.1. The van der Waals surface area contributed by atoms with Crippen LogP contribution in [0.4, 0.5) is 13.2 Å². The molecule has 5 rings (SSSR count). The van der Waals surface area contributed by atoms with Crippen molar-refractivity contribution in [2.45, 2.75) is 62.5 Å². The second-order valence-corrected chi connectivity index (χ2v) is 15.3. The fourth-order valence-electron chi connectivity index (χ4n) is 6.32. The van der Waals surface area contributed by atoms with Gasteiger partial charge in [-0.2, -0.15) is 22.6 Å². The lowest BCUT2D eigenvalue weighted by Crippen LogP contribution is -2.44. The van der Waals surface area contributed by atoms with E-state index in [1.807, 2.05) is 0 Å². The predicted octanol–water partition coefficient (Wildman–Crippen LogP) is 2.79. The van der Waals surface area contributed by atoms with E-state index in [1.165, 1.54) is 28.0 Å². The van der Waals surface area contributed by atoms with Gasteiger partial charge < -0.3 is 20.1 Å². The Labute approximate surface area is 272 Å². The maximum atomic E-state index is 14.1. The van der Waals surface area contributed by atoms with Crippen LogP contribution >= 0.6 is 11.8 Å². The normalized spacial score (nSPS) is 20.0. The van der Waals surface area contributed by atoms with Crippen LogP contribution in [0.1, 0.15) is 49.2 Å². The molecule has 3 aliphatic rings. The molecule has 2 aromatic rings. The first kappa shape index (κ1) is 35.1. The number of hydrogen-bond acceptors (Lipinski definition) is 9. The number of ether oxygens (including phenoxy) is 1. The summed E-state index contributed by atoms with van der Waals surface area (Å²) in [6.45, 7) is 7.26. The maximum Gasteiger partial charge on any atom is 0.417 e. The molecular formula is C30H43F3N6O5S2. The van der Waals surface area contributed by atoms with Gasteiger partial charge in [0.1, 0.15) is 6.23 Å². The Morgan fingerprint density at radius 1 is 1.13 bits per heavy atom. The summed E-state index contributed by atoms with van der Waals surface area (Å²) in [5.41, 5.74) is 1.38. The molecule has 1 amide bonds. The molecule has 256 valence electrons.